The fourth-order valence-corrected chi connectivity index (χ4v) is 4.04. The van der Waals surface area contributed by atoms with Gasteiger partial charge in [0.1, 0.15) is 6.04 Å². The predicted molar refractivity (Wildman–Crippen MR) is 128 cm³/mol. The number of nitrogens with zero attached hydrogens (tertiary/aromatic N) is 3. The highest BCUT2D eigenvalue weighted by molar-refractivity contribution is 5.84. The Bertz CT molecular complexity index is 1050. The number of hydrogen-bond donors (Lipinski definition) is 6. The van der Waals surface area contributed by atoms with Crippen molar-refractivity contribution in [2.45, 2.75) is 12.5 Å². The summed E-state index contributed by atoms with van der Waals surface area (Å²) in [6.45, 7) is -2.64. The first-order chi connectivity index (χ1) is 17.5. The van der Waals surface area contributed by atoms with Gasteiger partial charge in [0.05, 0.1) is 26.2 Å². The number of aliphatic carboxylic acids is 5. The lowest BCUT2D eigenvalue weighted by Gasteiger charge is -2.32. The Morgan fingerprint density at radius 3 is 1.59 bits per heavy atom. The smallest absolute Gasteiger partial charge is 0.321 e. The second-order valence-corrected chi connectivity index (χ2v) is 8.45. The van der Waals surface area contributed by atoms with Crippen molar-refractivity contribution in [2.75, 3.05) is 52.4 Å². The van der Waals surface area contributed by atoms with Gasteiger partial charge in [-0.3, -0.25) is 38.7 Å². The Morgan fingerprint density at radius 2 is 1.16 bits per heavy atom. The number of rotatable bonds is 18. The summed E-state index contributed by atoms with van der Waals surface area (Å²) in [4.78, 5) is 63.8. The molecule has 1 aromatic carbocycles. The minimum absolute atomic E-state index is 0.0368. The summed E-state index contributed by atoms with van der Waals surface area (Å²) >= 11 is 0. The van der Waals surface area contributed by atoms with Crippen molar-refractivity contribution in [1.29, 1.82) is 0 Å². The van der Waals surface area contributed by atoms with Crippen LogP contribution in [0.1, 0.15) is 5.56 Å². The summed E-state index contributed by atoms with van der Waals surface area (Å²) in [5.41, 5.74) is 1.50. The Hall–Kier alpha value is -4.01. The van der Waals surface area contributed by atoms with Crippen LogP contribution in [0, 0.1) is 0 Å². The van der Waals surface area contributed by atoms with Crippen molar-refractivity contribution in [3.63, 3.8) is 0 Å². The number of hydrogen-bond acceptors (Lipinski definition) is 8. The van der Waals surface area contributed by atoms with E-state index >= 15 is 0 Å². The highest BCUT2D eigenvalue weighted by Crippen LogP contribution is 2.21. The molecule has 0 amide bonds. The van der Waals surface area contributed by atoms with E-state index in [1.165, 1.54) is 4.90 Å². The van der Waals surface area contributed by atoms with E-state index < -0.39 is 62.1 Å². The van der Waals surface area contributed by atoms with E-state index in [9.17, 15) is 29.1 Å². The van der Waals surface area contributed by atoms with Gasteiger partial charge in [-0.25, -0.2) is 0 Å². The Labute approximate surface area is 211 Å². The predicted octanol–water partition coefficient (Wildman–Crippen LogP) is -0.592. The van der Waals surface area contributed by atoms with Gasteiger partial charge >= 0.3 is 29.8 Å². The van der Waals surface area contributed by atoms with Crippen molar-refractivity contribution in [2.24, 2.45) is 0 Å². The van der Waals surface area contributed by atoms with E-state index in [1.807, 2.05) is 18.2 Å². The molecule has 14 nitrogen and oxygen atoms in total. The molecule has 202 valence electrons. The van der Waals surface area contributed by atoms with E-state index in [-0.39, 0.29) is 32.6 Å². The number of benzene rings is 1. The van der Waals surface area contributed by atoms with E-state index in [0.29, 0.717) is 5.56 Å². The highest BCUT2D eigenvalue weighted by Gasteiger charge is 2.28. The molecule has 0 aliphatic rings. The molecule has 0 spiro atoms. The number of fused-ring (bicyclic) bond motifs is 1. The second-order valence-electron chi connectivity index (χ2n) is 8.45. The number of aromatic amines is 1. The number of H-pyrrole nitrogens is 1. The number of carboxylic acids is 5. The topological polar surface area (TPSA) is 212 Å². The number of para-hydroxylation sites is 1. The molecule has 14 heteroatoms. The van der Waals surface area contributed by atoms with Gasteiger partial charge in [0.15, 0.2) is 0 Å². The average Bonchev–Trinajstić information content (AvgIpc) is 3.19. The van der Waals surface area contributed by atoms with E-state index in [4.69, 9.17) is 20.4 Å². The van der Waals surface area contributed by atoms with Crippen LogP contribution in [0.2, 0.25) is 0 Å². The Balaban J connectivity index is 2.30. The third-order valence-corrected chi connectivity index (χ3v) is 5.66. The van der Waals surface area contributed by atoms with Gasteiger partial charge in [0.25, 0.3) is 0 Å². The highest BCUT2D eigenvalue weighted by atomic mass is 16.4. The van der Waals surface area contributed by atoms with Gasteiger partial charge in [0, 0.05) is 49.7 Å². The number of aromatic nitrogens is 1. The second kappa shape index (κ2) is 13.9. The zero-order valence-electron chi connectivity index (χ0n) is 19.9. The molecule has 0 bridgehead atoms. The Kier molecular flexibility index (Phi) is 11.0. The van der Waals surface area contributed by atoms with Crippen LogP contribution in [0.4, 0.5) is 0 Å². The number of carboxylic acid groups (broad SMARTS) is 5. The fraction of sp³-hybridized carbons (Fsp3) is 0.435. The number of carbonyl (C=O) groups is 5. The quantitative estimate of drug-likeness (QED) is 0.145. The summed E-state index contributed by atoms with van der Waals surface area (Å²) < 4.78 is 0. The SMILES string of the molecule is O=C(O)CN(CCN(CCN(CC(=O)O)CC(=O)O)[C@@H](Cc1c[nH]c2ccccc12)C(=O)O)CC(=O)O. The third kappa shape index (κ3) is 9.87. The zero-order valence-corrected chi connectivity index (χ0v) is 19.9. The maximum Gasteiger partial charge on any atom is 0.321 e. The van der Waals surface area contributed by atoms with Crippen LogP contribution in [0.25, 0.3) is 10.9 Å². The first kappa shape index (κ1) is 29.2. The van der Waals surface area contributed by atoms with Gasteiger partial charge in [-0.15, -0.1) is 0 Å². The molecule has 0 fully saturated rings. The first-order valence-electron chi connectivity index (χ1n) is 11.3. The van der Waals surface area contributed by atoms with Crippen molar-refractivity contribution in [3.05, 3.63) is 36.0 Å². The molecular weight excluding hydrogens is 492 g/mol. The molecule has 0 aliphatic carbocycles. The molecule has 1 heterocycles. The molecule has 2 rings (SSSR count). The minimum atomic E-state index is -1.25. The van der Waals surface area contributed by atoms with Gasteiger partial charge in [0.2, 0.25) is 0 Å². The molecule has 0 saturated carbocycles. The lowest BCUT2D eigenvalue weighted by atomic mass is 10.0. The van der Waals surface area contributed by atoms with Crippen LogP contribution >= 0.6 is 0 Å². The molecule has 0 saturated heterocycles. The van der Waals surface area contributed by atoms with E-state index in [1.54, 1.807) is 12.3 Å². The summed E-state index contributed by atoms with van der Waals surface area (Å²) in [6, 6.07) is 6.14. The monoisotopic (exact) mass is 522 g/mol. The van der Waals surface area contributed by atoms with Crippen LogP contribution < -0.4 is 0 Å². The van der Waals surface area contributed by atoms with Crippen molar-refractivity contribution in [3.8, 4) is 0 Å². The molecule has 0 aliphatic heterocycles. The summed E-state index contributed by atoms with van der Waals surface area (Å²) in [7, 11) is 0. The number of nitrogens with one attached hydrogen (secondary N) is 1. The maximum atomic E-state index is 12.3. The molecule has 2 aromatic rings. The minimum Gasteiger partial charge on any atom is -0.480 e. The Morgan fingerprint density at radius 1 is 0.703 bits per heavy atom. The standard InChI is InChI=1S/C23H30N4O10/c28-19(29)11-25(12-20(30)31)5-7-27(8-6-26(13-21(32)33)14-22(34)35)18(23(36)37)9-15-10-24-17-4-2-1-3-16(15)17/h1-4,10,18,24H,5-9,11-14H2,(H,28,29)(H,30,31)(H,32,33)(H,34,35)(H,36,37)/t18-/m0/s1. The summed E-state index contributed by atoms with van der Waals surface area (Å²) in [5.74, 6) is -6.21. The lowest BCUT2D eigenvalue weighted by Crippen LogP contribution is -2.50. The van der Waals surface area contributed by atoms with Crippen LogP contribution in [0.5, 0.6) is 0 Å². The molecule has 37 heavy (non-hydrogen) atoms. The average molecular weight is 523 g/mol. The van der Waals surface area contributed by atoms with Crippen LogP contribution in [0.3, 0.4) is 0 Å². The van der Waals surface area contributed by atoms with Crippen LogP contribution in [-0.4, -0.2) is 133 Å². The van der Waals surface area contributed by atoms with E-state index in [2.05, 4.69) is 4.98 Å². The molecule has 6 N–H and O–H groups in total. The van der Waals surface area contributed by atoms with Crippen molar-refractivity contribution in [1.82, 2.24) is 19.7 Å². The van der Waals surface area contributed by atoms with Crippen LogP contribution in [-0.2, 0) is 30.4 Å². The molecular formula is C23H30N4O10. The van der Waals surface area contributed by atoms with E-state index in [0.717, 1.165) is 20.7 Å². The van der Waals surface area contributed by atoms with Gasteiger partial charge in [-0.05, 0) is 11.6 Å². The van der Waals surface area contributed by atoms with Crippen molar-refractivity contribution < 1.29 is 49.5 Å². The largest absolute Gasteiger partial charge is 0.480 e. The summed E-state index contributed by atoms with van der Waals surface area (Å²) in [5, 5.41) is 47.3. The van der Waals surface area contributed by atoms with Gasteiger partial charge in [-0.1, -0.05) is 18.2 Å². The third-order valence-electron chi connectivity index (χ3n) is 5.66. The van der Waals surface area contributed by atoms with Gasteiger partial charge < -0.3 is 30.5 Å². The van der Waals surface area contributed by atoms with Gasteiger partial charge in [-0.2, -0.15) is 0 Å². The zero-order chi connectivity index (χ0) is 27.5. The van der Waals surface area contributed by atoms with Crippen LogP contribution in [0.15, 0.2) is 30.5 Å². The molecule has 0 unspecified atom stereocenters. The maximum absolute atomic E-state index is 12.3. The first-order valence-corrected chi connectivity index (χ1v) is 11.3. The normalized spacial score (nSPS) is 12.3. The lowest BCUT2D eigenvalue weighted by molar-refractivity contribution is -0.146. The molecule has 1 aromatic heterocycles. The fourth-order valence-electron chi connectivity index (χ4n) is 4.04. The van der Waals surface area contributed by atoms with Crippen molar-refractivity contribution >= 4 is 40.7 Å². The molecule has 0 radical (unpaired) electrons. The summed E-state index contributed by atoms with van der Waals surface area (Å²) in [6.07, 6.45) is 1.72. The molecule has 1 atom stereocenters.